The third-order valence-electron chi connectivity index (χ3n) is 3.80. The number of likely N-dealkylation sites (tertiary alicyclic amines) is 1. The number of carbonyl (C=O) groups is 2. The molecule has 1 amide bonds. The van der Waals surface area contributed by atoms with Crippen LogP contribution in [-0.2, 0) is 9.59 Å². The Morgan fingerprint density at radius 3 is 2.04 bits per heavy atom. The molecule has 9 heteroatoms. The molecule has 0 bridgehead atoms. The number of amides is 1. The van der Waals surface area contributed by atoms with Crippen LogP contribution in [0, 0.1) is 13.8 Å². The molecule has 2 rings (SSSR count). The van der Waals surface area contributed by atoms with Crippen LogP contribution < -0.4 is 126 Å². The van der Waals surface area contributed by atoms with Crippen molar-refractivity contribution in [1.29, 1.82) is 0 Å². The van der Waals surface area contributed by atoms with Crippen LogP contribution >= 0.6 is 12.4 Å². The smallest absolute Gasteiger partial charge is 1.00 e. The van der Waals surface area contributed by atoms with E-state index in [1.165, 1.54) is 6.42 Å². The fourth-order valence-corrected chi connectivity index (χ4v) is 2.62. The number of carbonyl (C=O) groups excluding carboxylic acids is 2. The van der Waals surface area contributed by atoms with E-state index in [2.05, 4.69) is 10.2 Å². The van der Waals surface area contributed by atoms with E-state index in [9.17, 15) is 4.79 Å². The van der Waals surface area contributed by atoms with Gasteiger partial charge in [-0.05, 0) is 58.3 Å². The van der Waals surface area contributed by atoms with E-state index >= 15 is 0 Å². The maximum atomic E-state index is 12.3. The largest absolute Gasteiger partial charge is 1.00 e. The molecule has 0 aliphatic carbocycles. The number of nitrogens with zero attached hydrogens (tertiary/aromatic N) is 1. The monoisotopic (exact) mass is 454 g/mol. The summed E-state index contributed by atoms with van der Waals surface area (Å²) in [7, 11) is 2.04. The molecule has 1 aromatic carbocycles. The van der Waals surface area contributed by atoms with Gasteiger partial charge in [0.05, 0.1) is 6.04 Å². The van der Waals surface area contributed by atoms with Crippen molar-refractivity contribution in [1.82, 2.24) is 4.90 Å². The molecule has 1 aromatic rings. The van der Waals surface area contributed by atoms with Crippen molar-refractivity contribution >= 4 is 30.0 Å². The van der Waals surface area contributed by atoms with Crippen molar-refractivity contribution in [2.24, 2.45) is 0 Å². The topological polar surface area (TPSA) is 72.5 Å². The summed E-state index contributed by atoms with van der Waals surface area (Å²) in [5.41, 5.74) is 3.23. The Morgan fingerprint density at radius 2 is 1.62 bits per heavy atom. The third kappa shape index (κ3) is 13.2. The summed E-state index contributed by atoms with van der Waals surface area (Å²) in [5, 5.41) is 12.0. The van der Waals surface area contributed by atoms with Gasteiger partial charge in [0, 0.05) is 11.7 Å². The number of carboxylic acids is 1. The van der Waals surface area contributed by atoms with Gasteiger partial charge < -0.3 is 27.6 Å². The van der Waals surface area contributed by atoms with Crippen LogP contribution in [0.5, 0.6) is 0 Å². The van der Waals surface area contributed by atoms with Crippen molar-refractivity contribution in [3.63, 3.8) is 0 Å². The van der Waals surface area contributed by atoms with Gasteiger partial charge in [0.15, 0.2) is 0 Å². The number of anilines is 1. The van der Waals surface area contributed by atoms with Crippen LogP contribution in [0.2, 0.25) is 0 Å². The third-order valence-corrected chi connectivity index (χ3v) is 3.80. The first-order valence-corrected chi connectivity index (χ1v) is 7.57. The first kappa shape index (κ1) is 35.4. The van der Waals surface area contributed by atoms with Gasteiger partial charge in [-0.2, -0.15) is 0 Å². The van der Waals surface area contributed by atoms with Crippen LogP contribution in [0.1, 0.15) is 37.3 Å². The average Bonchev–Trinajstić information content (AvgIpc) is 2.43. The fraction of sp³-hybridized carbons (Fsp3) is 0.529. The molecular weight excluding hydrogens is 429 g/mol. The van der Waals surface area contributed by atoms with Crippen molar-refractivity contribution in [3.05, 3.63) is 29.3 Å². The standard InChI is InChI=1S/C15H22N2O.C2H4O2.2ClH.2K/c1-11-7-6-8-12(2)14(11)16-15(18)13-9-4-5-10-17(13)3;1-2(3)4;;;;/h6-8,13H,4-5,9-10H2,1-3H3,(H,16,18);1H3,(H,3,4);2*1H;;/q;;;;2*+1/p-2. The van der Waals surface area contributed by atoms with Crippen LogP contribution in [0.25, 0.3) is 0 Å². The van der Waals surface area contributed by atoms with E-state index in [0.717, 1.165) is 43.1 Å². The summed E-state index contributed by atoms with van der Waals surface area (Å²) in [5.74, 6) is -0.949. The number of aliphatic carboxylic acids is 1. The van der Waals surface area contributed by atoms with Gasteiger partial charge in [-0.15, -0.1) is 12.4 Å². The molecule has 1 N–H and O–H groups in total. The summed E-state index contributed by atoms with van der Waals surface area (Å²) in [6.07, 6.45) is 3.31. The SMILES string of the molecule is CC(=O)[O-].Cc1cccc(C)c1NC(=O)C1CCCCN1C.Cl.[Cl-].[K+].[K+]. The van der Waals surface area contributed by atoms with Gasteiger partial charge in [-0.25, -0.2) is 0 Å². The molecule has 1 aliphatic heterocycles. The molecule has 1 saturated heterocycles. The molecule has 1 unspecified atom stereocenters. The Kier molecular flexibility index (Phi) is 25.8. The Morgan fingerprint density at radius 1 is 1.15 bits per heavy atom. The van der Waals surface area contributed by atoms with Gasteiger partial charge in [0.25, 0.3) is 0 Å². The Balaban J connectivity index is -0.000000276. The van der Waals surface area contributed by atoms with Gasteiger partial charge in [0.1, 0.15) is 0 Å². The number of piperidine rings is 1. The quantitative estimate of drug-likeness (QED) is 0.450. The first-order valence-electron chi connectivity index (χ1n) is 7.57. The summed E-state index contributed by atoms with van der Waals surface area (Å²) in [6, 6.07) is 6.12. The summed E-state index contributed by atoms with van der Waals surface area (Å²) in [4.78, 5) is 23.4. The van der Waals surface area contributed by atoms with Gasteiger partial charge in [-0.3, -0.25) is 9.69 Å². The second-order valence-electron chi connectivity index (χ2n) is 5.74. The number of nitrogens with one attached hydrogen (secondary N) is 1. The summed E-state index contributed by atoms with van der Waals surface area (Å²) < 4.78 is 0. The molecule has 138 valence electrons. The zero-order valence-electron chi connectivity index (χ0n) is 16.6. The number of hydrogen-bond donors (Lipinski definition) is 1. The minimum Gasteiger partial charge on any atom is -1.00 e. The van der Waals surface area contributed by atoms with Crippen molar-refractivity contribution < 1.29 is 130 Å². The van der Waals surface area contributed by atoms with E-state index in [1.54, 1.807) is 0 Å². The maximum Gasteiger partial charge on any atom is 1.00 e. The molecule has 0 radical (unpaired) electrons. The minimum absolute atomic E-state index is 0. The first-order chi connectivity index (χ1) is 10.3. The number of carboxylic acid groups (broad SMARTS) is 1. The summed E-state index contributed by atoms with van der Waals surface area (Å²) >= 11 is 0. The zero-order valence-corrected chi connectivity index (χ0v) is 24.4. The number of rotatable bonds is 2. The normalized spacial score (nSPS) is 15.3. The van der Waals surface area contributed by atoms with Crippen LogP contribution in [-0.4, -0.2) is 36.4 Å². The van der Waals surface area contributed by atoms with E-state index in [1.807, 2.05) is 39.1 Å². The number of hydrogen-bond acceptors (Lipinski definition) is 4. The predicted octanol–water partition coefficient (Wildman–Crippen LogP) is -7.08. The molecule has 1 heterocycles. The molecule has 26 heavy (non-hydrogen) atoms. The Bertz CT molecular complexity index is 524. The molecule has 1 fully saturated rings. The maximum absolute atomic E-state index is 12.3. The van der Waals surface area contributed by atoms with Crippen molar-refractivity contribution in [2.75, 3.05) is 18.9 Å². The van der Waals surface area contributed by atoms with Gasteiger partial charge in [-0.1, -0.05) is 24.6 Å². The number of halogens is 2. The number of benzene rings is 1. The molecular formula is C17H26Cl2K2N2O3. The predicted molar refractivity (Wildman–Crippen MR) is 92.7 cm³/mol. The molecule has 0 spiro atoms. The number of aryl methyl sites for hydroxylation is 2. The Labute approximate surface area is 254 Å². The minimum atomic E-state index is -1.08. The van der Waals surface area contributed by atoms with Gasteiger partial charge >= 0.3 is 103 Å². The second-order valence-corrected chi connectivity index (χ2v) is 5.74. The molecule has 0 aromatic heterocycles. The summed E-state index contributed by atoms with van der Waals surface area (Å²) in [6.45, 7) is 6.06. The fourth-order valence-electron chi connectivity index (χ4n) is 2.62. The molecule has 0 saturated carbocycles. The number of likely N-dealkylation sites (N-methyl/N-ethyl adjacent to an activating group) is 1. The Hall–Kier alpha value is 1.97. The van der Waals surface area contributed by atoms with Crippen molar-refractivity contribution in [2.45, 2.75) is 46.1 Å². The van der Waals surface area contributed by atoms with Crippen molar-refractivity contribution in [3.8, 4) is 0 Å². The van der Waals surface area contributed by atoms with E-state index in [0.29, 0.717) is 0 Å². The molecule has 5 nitrogen and oxygen atoms in total. The second kappa shape index (κ2) is 19.0. The van der Waals surface area contributed by atoms with Crippen LogP contribution in [0.4, 0.5) is 5.69 Å². The van der Waals surface area contributed by atoms with Crippen LogP contribution in [0.15, 0.2) is 18.2 Å². The van der Waals surface area contributed by atoms with E-state index in [-0.39, 0.29) is 140 Å². The van der Waals surface area contributed by atoms with Gasteiger partial charge in [0.2, 0.25) is 5.91 Å². The molecule has 1 aliphatic rings. The molecule has 1 atom stereocenters. The van der Waals surface area contributed by atoms with E-state index in [4.69, 9.17) is 9.90 Å². The number of para-hydroxylation sites is 1. The zero-order chi connectivity index (χ0) is 16.7. The van der Waals surface area contributed by atoms with E-state index < -0.39 is 5.97 Å². The van der Waals surface area contributed by atoms with Crippen LogP contribution in [0.3, 0.4) is 0 Å². The average molecular weight is 456 g/mol.